The average Bonchev–Trinajstić information content (AvgIpc) is 2.60. The van der Waals surface area contributed by atoms with E-state index in [2.05, 4.69) is 0 Å². The number of halogens is 1. The monoisotopic (exact) mass is 331 g/mol. The number of sulfone groups is 1. The zero-order valence-corrected chi connectivity index (χ0v) is 13.4. The van der Waals surface area contributed by atoms with Crippen LogP contribution >= 0.6 is 11.6 Å². The van der Waals surface area contributed by atoms with Gasteiger partial charge in [-0.15, -0.1) is 0 Å². The van der Waals surface area contributed by atoms with E-state index in [0.717, 1.165) is 0 Å². The fourth-order valence-corrected chi connectivity index (χ4v) is 3.85. The Morgan fingerprint density at radius 2 is 2.10 bits per heavy atom. The second-order valence-corrected chi connectivity index (χ2v) is 7.76. The first kappa shape index (κ1) is 16.3. The van der Waals surface area contributed by atoms with Gasteiger partial charge in [0.2, 0.25) is 0 Å². The molecule has 1 aromatic rings. The molecule has 0 bridgehead atoms. The highest BCUT2D eigenvalue weighted by atomic mass is 35.5. The van der Waals surface area contributed by atoms with Gasteiger partial charge in [0.25, 0.3) is 0 Å². The van der Waals surface area contributed by atoms with Crippen LogP contribution in [0.5, 0.6) is 5.75 Å². The number of benzene rings is 1. The van der Waals surface area contributed by atoms with Crippen molar-refractivity contribution in [1.82, 2.24) is 4.90 Å². The molecular weight excluding hydrogens is 314 g/mol. The van der Waals surface area contributed by atoms with Gasteiger partial charge in [0.05, 0.1) is 30.2 Å². The Balaban J connectivity index is 2.02. The van der Waals surface area contributed by atoms with Crippen LogP contribution in [-0.2, 0) is 9.84 Å². The van der Waals surface area contributed by atoms with Gasteiger partial charge in [-0.3, -0.25) is 9.69 Å². The van der Waals surface area contributed by atoms with Crippen molar-refractivity contribution in [3.8, 4) is 5.75 Å². The first-order valence-electron chi connectivity index (χ1n) is 6.71. The maximum Gasteiger partial charge on any atom is 0.176 e. The number of nitrogens with zero attached hydrogens (tertiary/aromatic N) is 1. The van der Waals surface area contributed by atoms with E-state index in [1.54, 1.807) is 18.2 Å². The molecule has 0 saturated carbocycles. The SMILES string of the molecule is COc1ccc(C(=O)CN2CCCS(=O)(=O)CC2)cc1Cl. The lowest BCUT2D eigenvalue weighted by Crippen LogP contribution is -2.32. The van der Waals surface area contributed by atoms with Crippen LogP contribution in [0.3, 0.4) is 0 Å². The molecule has 1 saturated heterocycles. The summed E-state index contributed by atoms with van der Waals surface area (Å²) in [7, 11) is -1.44. The first-order valence-corrected chi connectivity index (χ1v) is 8.91. The Morgan fingerprint density at radius 3 is 2.76 bits per heavy atom. The number of carbonyl (C=O) groups is 1. The molecule has 0 radical (unpaired) electrons. The van der Waals surface area contributed by atoms with Crippen LogP contribution in [0.15, 0.2) is 18.2 Å². The molecule has 0 spiro atoms. The predicted octanol–water partition coefficient (Wildman–Crippen LogP) is 1.65. The number of carbonyl (C=O) groups excluding carboxylic acids is 1. The Bertz CT molecular complexity index is 630. The van der Waals surface area contributed by atoms with E-state index >= 15 is 0 Å². The molecule has 1 aliphatic rings. The molecule has 0 aliphatic carbocycles. The topological polar surface area (TPSA) is 63.7 Å². The highest BCUT2D eigenvalue weighted by molar-refractivity contribution is 7.91. The molecule has 1 aromatic carbocycles. The molecule has 1 heterocycles. The number of methoxy groups -OCH3 is 1. The van der Waals surface area contributed by atoms with Gasteiger partial charge < -0.3 is 4.74 Å². The second-order valence-electron chi connectivity index (χ2n) is 5.05. The maximum absolute atomic E-state index is 12.2. The number of ether oxygens (including phenoxy) is 1. The molecule has 7 heteroatoms. The summed E-state index contributed by atoms with van der Waals surface area (Å²) in [6.45, 7) is 1.23. The third-order valence-electron chi connectivity index (χ3n) is 3.49. The molecule has 0 unspecified atom stereocenters. The molecule has 1 aliphatic heterocycles. The number of hydrogen-bond acceptors (Lipinski definition) is 5. The van der Waals surface area contributed by atoms with Gasteiger partial charge in [-0.2, -0.15) is 0 Å². The number of rotatable bonds is 4. The second kappa shape index (κ2) is 6.77. The first-order chi connectivity index (χ1) is 9.91. The van der Waals surface area contributed by atoms with Crippen molar-refractivity contribution in [3.63, 3.8) is 0 Å². The Morgan fingerprint density at radius 1 is 1.33 bits per heavy atom. The summed E-state index contributed by atoms with van der Waals surface area (Å²) >= 11 is 6.01. The highest BCUT2D eigenvalue weighted by Gasteiger charge is 2.21. The van der Waals surface area contributed by atoms with E-state index in [0.29, 0.717) is 35.8 Å². The van der Waals surface area contributed by atoms with Crippen LogP contribution in [0, 0.1) is 0 Å². The van der Waals surface area contributed by atoms with E-state index in [1.165, 1.54) is 7.11 Å². The summed E-state index contributed by atoms with van der Waals surface area (Å²) in [5, 5.41) is 0.391. The maximum atomic E-state index is 12.2. The van der Waals surface area contributed by atoms with Gasteiger partial charge in [0.1, 0.15) is 5.75 Å². The largest absolute Gasteiger partial charge is 0.495 e. The molecule has 1 fully saturated rings. The van der Waals surface area contributed by atoms with E-state index in [4.69, 9.17) is 16.3 Å². The average molecular weight is 332 g/mol. The molecule has 2 rings (SSSR count). The fourth-order valence-electron chi connectivity index (χ4n) is 2.28. The minimum atomic E-state index is -2.96. The number of Topliss-reactive ketones (excluding diaryl/α,β-unsaturated/α-hetero) is 1. The molecule has 21 heavy (non-hydrogen) atoms. The summed E-state index contributed by atoms with van der Waals surface area (Å²) in [5.74, 6) is 0.767. The smallest absolute Gasteiger partial charge is 0.176 e. The highest BCUT2D eigenvalue weighted by Crippen LogP contribution is 2.25. The molecule has 0 atom stereocenters. The van der Waals surface area contributed by atoms with Gasteiger partial charge in [-0.25, -0.2) is 8.42 Å². The Labute approximate surface area is 129 Å². The van der Waals surface area contributed by atoms with E-state index < -0.39 is 9.84 Å². The van der Waals surface area contributed by atoms with E-state index in [9.17, 15) is 13.2 Å². The Kier molecular flexibility index (Phi) is 5.24. The lowest BCUT2D eigenvalue weighted by molar-refractivity contribution is 0.0935. The molecule has 5 nitrogen and oxygen atoms in total. The number of ketones is 1. The zero-order chi connectivity index (χ0) is 15.5. The summed E-state index contributed by atoms with van der Waals surface area (Å²) in [4.78, 5) is 14.1. The third kappa shape index (κ3) is 4.43. The lowest BCUT2D eigenvalue weighted by atomic mass is 10.1. The van der Waals surface area contributed by atoms with Crippen LogP contribution in [0.4, 0.5) is 0 Å². The van der Waals surface area contributed by atoms with Crippen molar-refractivity contribution in [2.24, 2.45) is 0 Å². The van der Waals surface area contributed by atoms with Gasteiger partial charge in [0, 0.05) is 12.1 Å². The van der Waals surface area contributed by atoms with E-state index in [1.807, 2.05) is 4.90 Å². The van der Waals surface area contributed by atoms with Crippen LogP contribution in [0.2, 0.25) is 5.02 Å². The minimum Gasteiger partial charge on any atom is -0.495 e. The zero-order valence-electron chi connectivity index (χ0n) is 11.8. The van der Waals surface area contributed by atoms with Crippen LogP contribution in [0.25, 0.3) is 0 Å². The summed E-state index contributed by atoms with van der Waals surface area (Å²) in [5.41, 5.74) is 0.507. The van der Waals surface area contributed by atoms with Gasteiger partial charge in [-0.05, 0) is 31.2 Å². The number of hydrogen-bond donors (Lipinski definition) is 0. The molecule has 0 amide bonds. The van der Waals surface area contributed by atoms with Crippen molar-refractivity contribution >= 4 is 27.2 Å². The van der Waals surface area contributed by atoms with Crippen LogP contribution in [-0.4, -0.2) is 57.4 Å². The molecular formula is C14H18ClNO4S. The minimum absolute atomic E-state index is 0.0705. The van der Waals surface area contributed by atoms with Crippen LogP contribution in [0.1, 0.15) is 16.8 Å². The lowest BCUT2D eigenvalue weighted by Gasteiger charge is -2.18. The van der Waals surface area contributed by atoms with Gasteiger partial charge >= 0.3 is 0 Å². The Hall–Kier alpha value is -1.11. The fraction of sp³-hybridized carbons (Fsp3) is 0.500. The molecule has 116 valence electrons. The van der Waals surface area contributed by atoms with Crippen molar-refractivity contribution in [2.45, 2.75) is 6.42 Å². The van der Waals surface area contributed by atoms with Gasteiger partial charge in [-0.1, -0.05) is 11.6 Å². The van der Waals surface area contributed by atoms with Crippen molar-refractivity contribution in [2.75, 3.05) is 38.2 Å². The quantitative estimate of drug-likeness (QED) is 0.785. The summed E-state index contributed by atoms with van der Waals surface area (Å²) < 4.78 is 28.1. The normalized spacial score (nSPS) is 19.0. The van der Waals surface area contributed by atoms with Crippen LogP contribution < -0.4 is 4.74 Å². The van der Waals surface area contributed by atoms with Gasteiger partial charge in [0.15, 0.2) is 15.6 Å². The third-order valence-corrected chi connectivity index (χ3v) is 5.50. The van der Waals surface area contributed by atoms with Crippen molar-refractivity contribution < 1.29 is 17.9 Å². The molecule has 0 aromatic heterocycles. The van der Waals surface area contributed by atoms with Crippen molar-refractivity contribution in [1.29, 1.82) is 0 Å². The predicted molar refractivity (Wildman–Crippen MR) is 82.0 cm³/mol. The summed E-state index contributed by atoms with van der Waals surface area (Å²) in [6.07, 6.45) is 0.568. The van der Waals surface area contributed by atoms with Crippen molar-refractivity contribution in [3.05, 3.63) is 28.8 Å². The molecule has 0 N–H and O–H groups in total. The summed E-state index contributed by atoms with van der Waals surface area (Å²) in [6, 6.07) is 4.90. The standard InChI is InChI=1S/C14H18ClNO4S/c1-20-14-4-3-11(9-12(14)15)13(17)10-16-5-2-7-21(18,19)8-6-16/h3-4,9H,2,5-8,10H2,1H3. The van der Waals surface area contributed by atoms with E-state index in [-0.39, 0.29) is 23.8 Å².